The fourth-order valence-corrected chi connectivity index (χ4v) is 5.01. The van der Waals surface area contributed by atoms with Crippen molar-refractivity contribution in [3.05, 3.63) is 41.5 Å². The lowest BCUT2D eigenvalue weighted by Gasteiger charge is -2.18. The fraction of sp³-hybridized carbons (Fsp3) is 0.294. The highest BCUT2D eigenvalue weighted by Crippen LogP contribution is 2.35. The average Bonchev–Trinajstić information content (AvgIpc) is 3.32. The minimum absolute atomic E-state index is 0.120. The summed E-state index contributed by atoms with van der Waals surface area (Å²) in [7, 11) is -1.32. The van der Waals surface area contributed by atoms with Crippen LogP contribution >= 0.6 is 11.3 Å². The lowest BCUT2D eigenvalue weighted by molar-refractivity contribution is 0.593. The molecule has 0 N–H and O–H groups in total. The third-order valence-corrected chi connectivity index (χ3v) is 7.06. The molecule has 2 aromatic heterocycles. The molecule has 8 heteroatoms. The smallest absolute Gasteiger partial charge is 0.234 e. The summed E-state index contributed by atoms with van der Waals surface area (Å²) < 4.78 is 27.7. The van der Waals surface area contributed by atoms with Gasteiger partial charge in [-0.05, 0) is 31.0 Å². The molecule has 0 fully saturated rings. The Morgan fingerprint density at radius 2 is 2.12 bits per heavy atom. The Morgan fingerprint density at radius 1 is 1.28 bits per heavy atom. The Labute approximate surface area is 150 Å². The summed E-state index contributed by atoms with van der Waals surface area (Å²) in [6.07, 6.45) is 4.49. The highest BCUT2D eigenvalue weighted by atomic mass is 32.2. The van der Waals surface area contributed by atoms with Crippen molar-refractivity contribution in [2.75, 3.05) is 16.6 Å². The summed E-state index contributed by atoms with van der Waals surface area (Å²) >= 11 is 1.58. The second-order valence-corrected chi connectivity index (χ2v) is 9.05. The molecular formula is C17H18N4O2S2. The number of aryl methyl sites for hydroxylation is 1. The quantitative estimate of drug-likeness (QED) is 0.704. The summed E-state index contributed by atoms with van der Waals surface area (Å²) in [5.41, 5.74) is 4.78. The van der Waals surface area contributed by atoms with E-state index in [4.69, 9.17) is 4.98 Å². The van der Waals surface area contributed by atoms with Gasteiger partial charge in [-0.3, -0.25) is 8.99 Å². The maximum Gasteiger partial charge on any atom is 0.234 e. The molecule has 0 atom stereocenters. The van der Waals surface area contributed by atoms with Crippen molar-refractivity contribution < 1.29 is 8.42 Å². The first kappa shape index (κ1) is 16.3. The van der Waals surface area contributed by atoms with Gasteiger partial charge in [-0.1, -0.05) is 6.07 Å². The summed E-state index contributed by atoms with van der Waals surface area (Å²) in [4.78, 5) is 4.71. The van der Waals surface area contributed by atoms with Crippen LogP contribution in [0.3, 0.4) is 0 Å². The highest BCUT2D eigenvalue weighted by Gasteiger charge is 2.28. The maximum atomic E-state index is 12.2. The largest absolute Gasteiger partial charge is 0.275 e. The van der Waals surface area contributed by atoms with Crippen LogP contribution in [-0.2, 0) is 23.5 Å². The van der Waals surface area contributed by atoms with E-state index in [1.54, 1.807) is 29.1 Å². The van der Waals surface area contributed by atoms with Gasteiger partial charge in [0.25, 0.3) is 0 Å². The number of thiazole rings is 1. The van der Waals surface area contributed by atoms with Gasteiger partial charge in [-0.25, -0.2) is 13.4 Å². The number of hydrogen-bond acceptors (Lipinski definition) is 5. The van der Waals surface area contributed by atoms with E-state index in [0.717, 1.165) is 39.5 Å². The van der Waals surface area contributed by atoms with Gasteiger partial charge in [-0.15, -0.1) is 11.3 Å². The Hall–Kier alpha value is -2.19. The first-order valence-corrected chi connectivity index (χ1v) is 10.5. The van der Waals surface area contributed by atoms with Gasteiger partial charge in [0.15, 0.2) is 0 Å². The van der Waals surface area contributed by atoms with Crippen molar-refractivity contribution in [1.29, 1.82) is 0 Å². The summed E-state index contributed by atoms with van der Waals surface area (Å²) in [5, 5.41) is 7.14. The molecule has 3 aromatic rings. The average molecular weight is 374 g/mol. The molecular weight excluding hydrogens is 356 g/mol. The predicted octanol–water partition coefficient (Wildman–Crippen LogP) is 2.92. The van der Waals surface area contributed by atoms with E-state index in [-0.39, 0.29) is 5.75 Å². The molecule has 25 heavy (non-hydrogen) atoms. The van der Waals surface area contributed by atoms with Gasteiger partial charge in [0, 0.05) is 36.3 Å². The number of benzene rings is 1. The fourth-order valence-electron chi connectivity index (χ4n) is 3.05. The zero-order valence-corrected chi connectivity index (χ0v) is 15.6. The van der Waals surface area contributed by atoms with Crippen LogP contribution in [0.2, 0.25) is 0 Å². The molecule has 0 bridgehead atoms. The molecule has 130 valence electrons. The van der Waals surface area contributed by atoms with Crippen LogP contribution in [0.15, 0.2) is 36.0 Å². The van der Waals surface area contributed by atoms with Crippen LogP contribution in [0.4, 0.5) is 5.69 Å². The number of nitrogens with zero attached hydrogens (tertiary/aromatic N) is 4. The van der Waals surface area contributed by atoms with Gasteiger partial charge >= 0.3 is 0 Å². The van der Waals surface area contributed by atoms with Crippen LogP contribution in [0, 0.1) is 0 Å². The monoisotopic (exact) mass is 374 g/mol. The van der Waals surface area contributed by atoms with Crippen molar-refractivity contribution in [1.82, 2.24) is 14.8 Å². The summed E-state index contributed by atoms with van der Waals surface area (Å²) in [6, 6.07) is 5.90. The number of fused-ring (bicyclic) bond motifs is 1. The molecule has 0 saturated carbocycles. The SMILES string of the molecule is CCS(=O)(=O)N1CCc2cc(-c3csc(-c4cnn(C)c4)n3)ccc21. The summed E-state index contributed by atoms with van der Waals surface area (Å²) in [5.74, 6) is 0.120. The Morgan fingerprint density at radius 3 is 2.84 bits per heavy atom. The molecule has 3 heterocycles. The third kappa shape index (κ3) is 2.85. The van der Waals surface area contributed by atoms with E-state index >= 15 is 0 Å². The van der Waals surface area contributed by atoms with E-state index in [1.807, 2.05) is 30.8 Å². The maximum absolute atomic E-state index is 12.2. The molecule has 1 aliphatic rings. The first-order valence-electron chi connectivity index (χ1n) is 8.06. The molecule has 6 nitrogen and oxygen atoms in total. The molecule has 0 radical (unpaired) electrons. The number of sulfonamides is 1. The van der Waals surface area contributed by atoms with Crippen LogP contribution < -0.4 is 4.31 Å². The lowest BCUT2D eigenvalue weighted by atomic mass is 10.1. The van der Waals surface area contributed by atoms with Crippen molar-refractivity contribution >= 4 is 27.0 Å². The highest BCUT2D eigenvalue weighted by molar-refractivity contribution is 7.92. The van der Waals surface area contributed by atoms with Crippen LogP contribution in [0.1, 0.15) is 12.5 Å². The second-order valence-electron chi connectivity index (χ2n) is 6.01. The molecule has 4 rings (SSSR count). The number of aromatic nitrogens is 3. The molecule has 1 aromatic carbocycles. The second kappa shape index (κ2) is 5.96. The third-order valence-electron chi connectivity index (χ3n) is 4.38. The topological polar surface area (TPSA) is 68.1 Å². The number of hydrogen-bond donors (Lipinski definition) is 0. The summed E-state index contributed by atoms with van der Waals surface area (Å²) in [6.45, 7) is 2.20. The van der Waals surface area contributed by atoms with Crippen LogP contribution in [0.25, 0.3) is 21.8 Å². The zero-order chi connectivity index (χ0) is 17.6. The van der Waals surface area contributed by atoms with E-state index in [2.05, 4.69) is 11.2 Å². The van der Waals surface area contributed by atoms with Crippen molar-refractivity contribution in [3.8, 4) is 21.8 Å². The van der Waals surface area contributed by atoms with E-state index in [0.29, 0.717) is 6.54 Å². The van der Waals surface area contributed by atoms with E-state index in [9.17, 15) is 8.42 Å². The first-order chi connectivity index (χ1) is 12.0. The predicted molar refractivity (Wildman–Crippen MR) is 100 cm³/mol. The molecule has 0 spiro atoms. The Kier molecular flexibility index (Phi) is 3.88. The van der Waals surface area contributed by atoms with Crippen LogP contribution in [-0.4, -0.2) is 35.5 Å². The van der Waals surface area contributed by atoms with Gasteiger partial charge in [0.05, 0.1) is 23.3 Å². The van der Waals surface area contributed by atoms with Crippen molar-refractivity contribution in [2.24, 2.45) is 7.05 Å². The minimum Gasteiger partial charge on any atom is -0.275 e. The molecule has 0 unspecified atom stereocenters. The molecule has 0 saturated heterocycles. The van der Waals surface area contributed by atoms with Gasteiger partial charge in [0.1, 0.15) is 5.01 Å². The Bertz CT molecular complexity index is 1040. The van der Waals surface area contributed by atoms with Crippen molar-refractivity contribution in [2.45, 2.75) is 13.3 Å². The van der Waals surface area contributed by atoms with Crippen molar-refractivity contribution in [3.63, 3.8) is 0 Å². The molecule has 0 aliphatic carbocycles. The normalized spacial score (nSPS) is 14.1. The lowest BCUT2D eigenvalue weighted by Crippen LogP contribution is -2.30. The Balaban J connectivity index is 1.67. The van der Waals surface area contributed by atoms with Gasteiger partial charge < -0.3 is 0 Å². The van der Waals surface area contributed by atoms with Gasteiger partial charge in [0.2, 0.25) is 10.0 Å². The number of rotatable bonds is 4. The van der Waals surface area contributed by atoms with Crippen LogP contribution in [0.5, 0.6) is 0 Å². The van der Waals surface area contributed by atoms with Gasteiger partial charge in [-0.2, -0.15) is 5.10 Å². The standard InChI is InChI=1S/C17H18N4O2S2/c1-3-25(22,23)21-7-6-13-8-12(4-5-16(13)21)15-11-24-17(19-15)14-9-18-20(2)10-14/h4-5,8-11H,3,6-7H2,1-2H3. The van der Waals surface area contributed by atoms with E-state index in [1.165, 1.54) is 4.31 Å². The van der Waals surface area contributed by atoms with E-state index < -0.39 is 10.0 Å². The zero-order valence-electron chi connectivity index (χ0n) is 14.0. The minimum atomic E-state index is -3.21. The number of anilines is 1. The molecule has 0 amide bonds. The molecule has 1 aliphatic heterocycles.